The van der Waals surface area contributed by atoms with Gasteiger partial charge in [-0.2, -0.15) is 0 Å². The predicted octanol–water partition coefficient (Wildman–Crippen LogP) is 1.67. The third-order valence-electron chi connectivity index (χ3n) is 4.52. The molecule has 0 aromatic rings. The predicted molar refractivity (Wildman–Crippen MR) is 78.5 cm³/mol. The second-order valence-corrected chi connectivity index (χ2v) is 6.30. The highest BCUT2D eigenvalue weighted by Gasteiger charge is 2.41. The highest BCUT2D eigenvalue weighted by molar-refractivity contribution is 5.81. The maximum Gasteiger partial charge on any atom is 0.308 e. The lowest BCUT2D eigenvalue weighted by Crippen LogP contribution is -2.53. The van der Waals surface area contributed by atoms with Gasteiger partial charge in [-0.15, -0.1) is 0 Å². The molecule has 0 radical (unpaired) electrons. The molecule has 3 unspecified atom stereocenters. The van der Waals surface area contributed by atoms with E-state index in [2.05, 4.69) is 25.8 Å². The van der Waals surface area contributed by atoms with Crippen LogP contribution in [0.5, 0.6) is 0 Å². The fourth-order valence-electron chi connectivity index (χ4n) is 2.94. The van der Waals surface area contributed by atoms with Crippen molar-refractivity contribution in [2.45, 2.75) is 52.6 Å². The number of hydrogen-bond donors (Lipinski definition) is 1. The molecule has 1 aliphatic rings. The van der Waals surface area contributed by atoms with E-state index in [0.717, 1.165) is 13.0 Å². The SMILES string of the molecule is CC1CC(=O)N(CCCN(C)C(C)C)C(C)C1C(=O)O. The van der Waals surface area contributed by atoms with E-state index in [1.165, 1.54) is 0 Å². The molecule has 1 rings (SSSR count). The number of hydrogen-bond acceptors (Lipinski definition) is 3. The van der Waals surface area contributed by atoms with Crippen LogP contribution in [0.25, 0.3) is 0 Å². The number of likely N-dealkylation sites (tertiary alicyclic amines) is 1. The first kappa shape index (κ1) is 17.0. The van der Waals surface area contributed by atoms with Crippen LogP contribution in [-0.4, -0.2) is 59.0 Å². The Morgan fingerprint density at radius 3 is 2.55 bits per heavy atom. The number of rotatable bonds is 6. The molecule has 0 spiro atoms. The maximum atomic E-state index is 12.1. The largest absolute Gasteiger partial charge is 0.481 e. The molecule has 5 nitrogen and oxygen atoms in total. The first-order valence-electron chi connectivity index (χ1n) is 7.48. The molecule has 0 aromatic heterocycles. The second-order valence-electron chi connectivity index (χ2n) is 6.30. The molecule has 20 heavy (non-hydrogen) atoms. The van der Waals surface area contributed by atoms with Crippen molar-refractivity contribution >= 4 is 11.9 Å². The Bertz CT molecular complexity index is 357. The highest BCUT2D eigenvalue weighted by atomic mass is 16.4. The van der Waals surface area contributed by atoms with E-state index >= 15 is 0 Å². The number of carbonyl (C=O) groups excluding carboxylic acids is 1. The van der Waals surface area contributed by atoms with E-state index in [0.29, 0.717) is 19.0 Å². The molecule has 1 saturated heterocycles. The molecule has 0 saturated carbocycles. The lowest BCUT2D eigenvalue weighted by molar-refractivity contribution is -0.154. The van der Waals surface area contributed by atoms with Crippen molar-refractivity contribution in [3.05, 3.63) is 0 Å². The number of piperidine rings is 1. The summed E-state index contributed by atoms with van der Waals surface area (Å²) in [6, 6.07) is 0.268. The van der Waals surface area contributed by atoms with Gasteiger partial charge in [0, 0.05) is 25.0 Å². The van der Waals surface area contributed by atoms with E-state index in [9.17, 15) is 14.7 Å². The molecule has 3 atom stereocenters. The molecule has 0 aliphatic carbocycles. The van der Waals surface area contributed by atoms with Gasteiger partial charge in [0.05, 0.1) is 5.92 Å². The van der Waals surface area contributed by atoms with Gasteiger partial charge >= 0.3 is 5.97 Å². The molecule has 1 heterocycles. The van der Waals surface area contributed by atoms with E-state index < -0.39 is 11.9 Å². The Morgan fingerprint density at radius 2 is 2.05 bits per heavy atom. The zero-order valence-electron chi connectivity index (χ0n) is 13.3. The molecule has 0 bridgehead atoms. The standard InChI is InChI=1S/C15H28N2O3/c1-10(2)16(5)7-6-8-17-12(4)14(15(19)20)11(3)9-13(17)18/h10-12,14H,6-9H2,1-5H3,(H,19,20). The van der Waals surface area contributed by atoms with Gasteiger partial charge in [0.2, 0.25) is 5.91 Å². The summed E-state index contributed by atoms with van der Waals surface area (Å²) in [7, 11) is 2.06. The van der Waals surface area contributed by atoms with Crippen LogP contribution in [0.15, 0.2) is 0 Å². The van der Waals surface area contributed by atoms with Gasteiger partial charge in [0.1, 0.15) is 0 Å². The first-order valence-corrected chi connectivity index (χ1v) is 7.48. The minimum absolute atomic E-state index is 0.0791. The van der Waals surface area contributed by atoms with Crippen molar-refractivity contribution in [2.75, 3.05) is 20.1 Å². The summed E-state index contributed by atoms with van der Waals surface area (Å²) in [5.41, 5.74) is 0. The van der Waals surface area contributed by atoms with Crippen LogP contribution in [0, 0.1) is 11.8 Å². The normalized spacial score (nSPS) is 27.4. The molecule has 1 amide bonds. The van der Waals surface area contributed by atoms with E-state index in [-0.39, 0.29) is 17.9 Å². The lowest BCUT2D eigenvalue weighted by atomic mass is 9.81. The van der Waals surface area contributed by atoms with Gasteiger partial charge < -0.3 is 14.9 Å². The van der Waals surface area contributed by atoms with Gasteiger partial charge in [-0.3, -0.25) is 9.59 Å². The van der Waals surface area contributed by atoms with Crippen LogP contribution in [0.2, 0.25) is 0 Å². The number of aliphatic carboxylic acids is 1. The van der Waals surface area contributed by atoms with Gasteiger partial charge in [-0.1, -0.05) is 6.92 Å². The molecular formula is C15H28N2O3. The van der Waals surface area contributed by atoms with E-state index in [1.807, 2.05) is 13.8 Å². The number of nitrogens with zero attached hydrogens (tertiary/aromatic N) is 2. The summed E-state index contributed by atoms with van der Waals surface area (Å²) >= 11 is 0. The number of carboxylic acid groups (broad SMARTS) is 1. The summed E-state index contributed by atoms with van der Waals surface area (Å²) in [4.78, 5) is 27.5. The van der Waals surface area contributed by atoms with E-state index in [1.54, 1.807) is 4.90 Å². The number of amides is 1. The Hall–Kier alpha value is -1.10. The van der Waals surface area contributed by atoms with Crippen LogP contribution in [0.4, 0.5) is 0 Å². The summed E-state index contributed by atoms with van der Waals surface area (Å²) in [6.07, 6.45) is 1.23. The molecule has 0 aromatic carbocycles. The highest BCUT2D eigenvalue weighted by Crippen LogP contribution is 2.30. The van der Waals surface area contributed by atoms with Crippen LogP contribution >= 0.6 is 0 Å². The van der Waals surface area contributed by atoms with E-state index in [4.69, 9.17) is 0 Å². The first-order chi connectivity index (χ1) is 9.25. The number of carbonyl (C=O) groups is 2. The Balaban J connectivity index is 2.59. The van der Waals surface area contributed by atoms with Crippen molar-refractivity contribution in [1.29, 1.82) is 0 Å². The van der Waals surface area contributed by atoms with Crippen molar-refractivity contribution in [3.8, 4) is 0 Å². The molecule has 1 aliphatic heterocycles. The third-order valence-corrected chi connectivity index (χ3v) is 4.52. The lowest BCUT2D eigenvalue weighted by Gasteiger charge is -2.41. The summed E-state index contributed by atoms with van der Waals surface area (Å²) in [5.74, 6) is -1.23. The average Bonchev–Trinajstić information content (AvgIpc) is 2.31. The quantitative estimate of drug-likeness (QED) is 0.806. The fraction of sp³-hybridized carbons (Fsp3) is 0.867. The van der Waals surface area contributed by atoms with Crippen LogP contribution in [-0.2, 0) is 9.59 Å². The minimum Gasteiger partial charge on any atom is -0.481 e. The topological polar surface area (TPSA) is 60.9 Å². The molecule has 116 valence electrons. The zero-order valence-corrected chi connectivity index (χ0v) is 13.3. The summed E-state index contributed by atoms with van der Waals surface area (Å²) in [6.45, 7) is 9.55. The molecule has 5 heteroatoms. The number of carboxylic acids is 1. The van der Waals surface area contributed by atoms with Crippen LogP contribution < -0.4 is 0 Å². The molecule has 1 fully saturated rings. The summed E-state index contributed by atoms with van der Waals surface area (Å²) in [5, 5.41) is 9.32. The monoisotopic (exact) mass is 284 g/mol. The smallest absolute Gasteiger partial charge is 0.308 e. The third kappa shape index (κ3) is 3.95. The van der Waals surface area contributed by atoms with Crippen molar-refractivity contribution in [3.63, 3.8) is 0 Å². The second kappa shape index (κ2) is 7.07. The van der Waals surface area contributed by atoms with Gasteiger partial charge in [-0.25, -0.2) is 0 Å². The molecular weight excluding hydrogens is 256 g/mol. The van der Waals surface area contributed by atoms with Crippen LogP contribution in [0.3, 0.4) is 0 Å². The minimum atomic E-state index is -0.790. The van der Waals surface area contributed by atoms with Crippen molar-refractivity contribution in [2.24, 2.45) is 11.8 Å². The average molecular weight is 284 g/mol. The van der Waals surface area contributed by atoms with Crippen LogP contribution in [0.1, 0.15) is 40.5 Å². The van der Waals surface area contributed by atoms with Gasteiger partial charge in [0.15, 0.2) is 0 Å². The van der Waals surface area contributed by atoms with Gasteiger partial charge in [0.25, 0.3) is 0 Å². The Kier molecular flexibility index (Phi) is 5.99. The van der Waals surface area contributed by atoms with Crippen molar-refractivity contribution < 1.29 is 14.7 Å². The summed E-state index contributed by atoms with van der Waals surface area (Å²) < 4.78 is 0. The fourth-order valence-corrected chi connectivity index (χ4v) is 2.94. The maximum absolute atomic E-state index is 12.1. The van der Waals surface area contributed by atoms with Crippen molar-refractivity contribution in [1.82, 2.24) is 9.80 Å². The zero-order chi connectivity index (χ0) is 15.4. The Labute approximate surface area is 121 Å². The Morgan fingerprint density at radius 1 is 1.45 bits per heavy atom. The van der Waals surface area contributed by atoms with Gasteiger partial charge in [-0.05, 0) is 46.7 Å². The molecule has 1 N–H and O–H groups in total.